The highest BCUT2D eigenvalue weighted by Gasteiger charge is 2.38. The van der Waals surface area contributed by atoms with E-state index in [0.29, 0.717) is 6.42 Å². The maximum absolute atomic E-state index is 11.3. The van der Waals surface area contributed by atoms with Gasteiger partial charge >= 0.3 is 0 Å². The van der Waals surface area contributed by atoms with Gasteiger partial charge in [0.2, 0.25) is 5.91 Å². The number of carbonyl (C=O) groups is 1. The lowest BCUT2D eigenvalue weighted by molar-refractivity contribution is -0.116. The molecule has 3 nitrogen and oxygen atoms in total. The second-order valence-electron chi connectivity index (χ2n) is 5.08. The highest BCUT2D eigenvalue weighted by atomic mass is 16.1. The van der Waals surface area contributed by atoms with Crippen LogP contribution in [0.1, 0.15) is 30.4 Å². The minimum absolute atomic E-state index is 0.0346. The number of aryl methyl sites for hydroxylation is 1. The van der Waals surface area contributed by atoms with Gasteiger partial charge in [-0.25, -0.2) is 0 Å². The Bertz CT molecular complexity index is 449. The van der Waals surface area contributed by atoms with E-state index in [1.165, 1.54) is 11.1 Å². The van der Waals surface area contributed by atoms with Gasteiger partial charge in [-0.3, -0.25) is 4.79 Å². The van der Waals surface area contributed by atoms with Crippen LogP contribution in [0, 0.1) is 0 Å². The summed E-state index contributed by atoms with van der Waals surface area (Å²) in [5, 5.41) is 2.93. The van der Waals surface area contributed by atoms with Gasteiger partial charge in [0.15, 0.2) is 0 Å². The van der Waals surface area contributed by atoms with Crippen molar-refractivity contribution in [3.05, 3.63) is 29.3 Å². The molecule has 0 saturated heterocycles. The first-order chi connectivity index (χ1) is 7.65. The van der Waals surface area contributed by atoms with Crippen molar-refractivity contribution in [3.8, 4) is 0 Å². The zero-order chi connectivity index (χ0) is 11.2. The van der Waals surface area contributed by atoms with Gasteiger partial charge in [-0.2, -0.15) is 0 Å². The summed E-state index contributed by atoms with van der Waals surface area (Å²) in [6.45, 7) is 0. The quantitative estimate of drug-likeness (QED) is 0.789. The largest absolute Gasteiger partial charge is 0.326 e. The third kappa shape index (κ3) is 1.83. The van der Waals surface area contributed by atoms with Crippen LogP contribution in [0.2, 0.25) is 0 Å². The van der Waals surface area contributed by atoms with Crippen LogP contribution >= 0.6 is 0 Å². The number of anilines is 1. The highest BCUT2D eigenvalue weighted by molar-refractivity contribution is 5.93. The molecule has 1 heterocycles. The number of hydrogen-bond acceptors (Lipinski definition) is 2. The summed E-state index contributed by atoms with van der Waals surface area (Å²) in [7, 11) is 0. The molecule has 1 aliphatic heterocycles. The number of nitrogens with two attached hydrogens (primary N) is 1. The lowest BCUT2D eigenvalue weighted by Crippen LogP contribution is -2.25. The summed E-state index contributed by atoms with van der Waals surface area (Å²) < 4.78 is 0. The molecule has 1 saturated carbocycles. The summed E-state index contributed by atoms with van der Waals surface area (Å²) >= 11 is 0. The van der Waals surface area contributed by atoms with E-state index >= 15 is 0 Å². The van der Waals surface area contributed by atoms with Gasteiger partial charge in [-0.1, -0.05) is 12.1 Å². The normalized spacial score (nSPS) is 21.2. The molecule has 0 spiro atoms. The van der Waals surface area contributed by atoms with Crippen LogP contribution in [0.3, 0.4) is 0 Å². The first-order valence-electron chi connectivity index (χ1n) is 5.85. The summed E-state index contributed by atoms with van der Waals surface area (Å²) in [6.07, 6.45) is 4.63. The van der Waals surface area contributed by atoms with E-state index in [-0.39, 0.29) is 11.4 Å². The Morgan fingerprint density at radius 1 is 1.31 bits per heavy atom. The molecule has 0 bridgehead atoms. The fourth-order valence-corrected chi connectivity index (χ4v) is 2.27. The maximum Gasteiger partial charge on any atom is 0.224 e. The van der Waals surface area contributed by atoms with Gasteiger partial charge in [0, 0.05) is 17.6 Å². The van der Waals surface area contributed by atoms with Crippen molar-refractivity contribution in [2.24, 2.45) is 5.73 Å². The molecule has 1 aliphatic carbocycles. The van der Waals surface area contributed by atoms with E-state index in [9.17, 15) is 4.79 Å². The van der Waals surface area contributed by atoms with Gasteiger partial charge in [0.25, 0.3) is 0 Å². The molecule has 0 atom stereocenters. The Balaban J connectivity index is 1.86. The lowest BCUT2D eigenvalue weighted by atomic mass is 9.97. The number of nitrogens with one attached hydrogen (secondary N) is 1. The highest BCUT2D eigenvalue weighted by Crippen LogP contribution is 2.36. The van der Waals surface area contributed by atoms with Gasteiger partial charge in [0.1, 0.15) is 0 Å². The summed E-state index contributed by atoms with van der Waals surface area (Å²) in [5.41, 5.74) is 9.59. The van der Waals surface area contributed by atoms with E-state index in [1.54, 1.807) is 0 Å². The van der Waals surface area contributed by atoms with E-state index < -0.39 is 0 Å². The molecule has 0 radical (unpaired) electrons. The molecule has 3 heteroatoms. The number of fused-ring (bicyclic) bond motifs is 1. The van der Waals surface area contributed by atoms with E-state index in [4.69, 9.17) is 5.73 Å². The molecule has 1 amide bonds. The third-order valence-electron chi connectivity index (χ3n) is 3.52. The molecule has 1 aromatic carbocycles. The van der Waals surface area contributed by atoms with Crippen LogP contribution in [0.25, 0.3) is 0 Å². The van der Waals surface area contributed by atoms with E-state index in [2.05, 4.69) is 23.5 Å². The first-order valence-corrected chi connectivity index (χ1v) is 5.85. The average Bonchev–Trinajstić information content (AvgIpc) is 2.95. The number of carbonyl (C=O) groups excluding carboxylic acids is 1. The van der Waals surface area contributed by atoms with Crippen molar-refractivity contribution in [2.75, 3.05) is 5.32 Å². The molecular formula is C13H16N2O. The Morgan fingerprint density at radius 3 is 2.88 bits per heavy atom. The van der Waals surface area contributed by atoms with Crippen molar-refractivity contribution in [1.29, 1.82) is 0 Å². The molecule has 16 heavy (non-hydrogen) atoms. The molecule has 0 unspecified atom stereocenters. The van der Waals surface area contributed by atoms with Crippen molar-refractivity contribution in [2.45, 2.75) is 37.6 Å². The third-order valence-corrected chi connectivity index (χ3v) is 3.52. The molecule has 0 aromatic heterocycles. The molecule has 3 rings (SSSR count). The van der Waals surface area contributed by atoms with Crippen LogP contribution in [-0.2, 0) is 17.6 Å². The Labute approximate surface area is 95.0 Å². The molecule has 84 valence electrons. The molecule has 1 aromatic rings. The van der Waals surface area contributed by atoms with Gasteiger partial charge < -0.3 is 11.1 Å². The standard InChI is InChI=1S/C13H16N2O/c14-13(5-6-13)8-9-1-2-10-3-4-12(16)15-11(10)7-9/h1-2,7H,3-6,8,14H2,(H,15,16). The number of benzene rings is 1. The summed E-state index contributed by atoms with van der Waals surface area (Å²) in [4.78, 5) is 11.3. The fraction of sp³-hybridized carbons (Fsp3) is 0.462. The number of amides is 1. The first kappa shape index (κ1) is 9.85. The fourth-order valence-electron chi connectivity index (χ4n) is 2.27. The minimum Gasteiger partial charge on any atom is -0.326 e. The average molecular weight is 216 g/mol. The van der Waals surface area contributed by atoms with Crippen LogP contribution in [0.15, 0.2) is 18.2 Å². The zero-order valence-corrected chi connectivity index (χ0v) is 9.25. The number of rotatable bonds is 2. The molecule has 2 aliphatic rings. The smallest absolute Gasteiger partial charge is 0.224 e. The van der Waals surface area contributed by atoms with Gasteiger partial charge in [-0.05, 0) is 42.9 Å². The molecular weight excluding hydrogens is 200 g/mol. The van der Waals surface area contributed by atoms with Crippen molar-refractivity contribution in [3.63, 3.8) is 0 Å². The van der Waals surface area contributed by atoms with Gasteiger partial charge in [0.05, 0.1) is 0 Å². The lowest BCUT2D eigenvalue weighted by Gasteiger charge is -2.18. The second-order valence-corrected chi connectivity index (χ2v) is 5.08. The molecule has 3 N–H and O–H groups in total. The predicted octanol–water partition coefficient (Wildman–Crippen LogP) is 1.61. The maximum atomic E-state index is 11.3. The second kappa shape index (κ2) is 3.32. The van der Waals surface area contributed by atoms with Crippen molar-refractivity contribution in [1.82, 2.24) is 0 Å². The van der Waals surface area contributed by atoms with Gasteiger partial charge in [-0.15, -0.1) is 0 Å². The van der Waals surface area contributed by atoms with Crippen LogP contribution < -0.4 is 11.1 Å². The van der Waals surface area contributed by atoms with E-state index in [0.717, 1.165) is 31.4 Å². The minimum atomic E-state index is 0.0346. The van der Waals surface area contributed by atoms with Crippen LogP contribution in [0.4, 0.5) is 5.69 Å². The zero-order valence-electron chi connectivity index (χ0n) is 9.25. The van der Waals surface area contributed by atoms with E-state index in [1.807, 2.05) is 0 Å². The molecule has 1 fully saturated rings. The summed E-state index contributed by atoms with van der Waals surface area (Å²) in [6, 6.07) is 6.35. The van der Waals surface area contributed by atoms with Crippen LogP contribution in [0.5, 0.6) is 0 Å². The predicted molar refractivity (Wildman–Crippen MR) is 63.2 cm³/mol. The Morgan fingerprint density at radius 2 is 2.12 bits per heavy atom. The monoisotopic (exact) mass is 216 g/mol. The van der Waals surface area contributed by atoms with Crippen LogP contribution in [-0.4, -0.2) is 11.4 Å². The Hall–Kier alpha value is -1.35. The van der Waals surface area contributed by atoms with Crippen molar-refractivity contribution < 1.29 is 4.79 Å². The topological polar surface area (TPSA) is 55.1 Å². The number of hydrogen-bond donors (Lipinski definition) is 2. The SMILES string of the molecule is NC1(Cc2ccc3c(c2)NC(=O)CC3)CC1. The summed E-state index contributed by atoms with van der Waals surface area (Å²) in [5.74, 6) is 0.124. The Kier molecular flexibility index (Phi) is 2.04. The van der Waals surface area contributed by atoms with Crippen molar-refractivity contribution >= 4 is 11.6 Å².